The highest BCUT2D eigenvalue weighted by molar-refractivity contribution is 5.47. The predicted octanol–water partition coefficient (Wildman–Crippen LogP) is 1.98. The Morgan fingerprint density at radius 3 is 2.52 bits per heavy atom. The molecule has 0 amide bonds. The van der Waals surface area contributed by atoms with Gasteiger partial charge in [0.15, 0.2) is 0 Å². The predicted molar refractivity (Wildman–Crippen MR) is 84.8 cm³/mol. The van der Waals surface area contributed by atoms with E-state index in [2.05, 4.69) is 21.7 Å². The Morgan fingerprint density at radius 1 is 1.19 bits per heavy atom. The molecule has 5 heteroatoms. The van der Waals surface area contributed by atoms with E-state index in [1.807, 2.05) is 19.9 Å². The summed E-state index contributed by atoms with van der Waals surface area (Å²) in [5.41, 5.74) is 0.365. The molecule has 0 bridgehead atoms. The lowest BCUT2D eigenvalue weighted by Gasteiger charge is -2.28. The minimum absolute atomic E-state index is 0.256. The van der Waals surface area contributed by atoms with E-state index in [9.17, 15) is 5.11 Å². The molecule has 3 heterocycles. The molecule has 0 spiro atoms. The third-order valence-electron chi connectivity index (χ3n) is 4.86. The van der Waals surface area contributed by atoms with Crippen molar-refractivity contribution < 1.29 is 5.11 Å². The number of anilines is 2. The fourth-order valence-corrected chi connectivity index (χ4v) is 3.24. The standard InChI is InChI=1S/C16H26N4O/c1-12-10-20(11-16(12,3)21)14-9-13(2)17-15(18-14)19-7-5-4-6-8-19/h9,12,21H,4-8,10-11H2,1-3H3/t12-,16+/m1/s1. The van der Waals surface area contributed by atoms with Crippen molar-refractivity contribution in [1.82, 2.24) is 9.97 Å². The third-order valence-corrected chi connectivity index (χ3v) is 4.86. The van der Waals surface area contributed by atoms with Crippen molar-refractivity contribution in [3.63, 3.8) is 0 Å². The average Bonchev–Trinajstić information content (AvgIpc) is 2.73. The van der Waals surface area contributed by atoms with Gasteiger partial charge >= 0.3 is 0 Å². The lowest BCUT2D eigenvalue weighted by atomic mass is 9.95. The number of β-amino-alcohol motifs (C(OH)–C–C–N with tert-alkyl or cyclic N) is 1. The molecule has 116 valence electrons. The van der Waals surface area contributed by atoms with Crippen LogP contribution in [0.25, 0.3) is 0 Å². The largest absolute Gasteiger partial charge is 0.388 e. The molecule has 0 aromatic carbocycles. The van der Waals surface area contributed by atoms with E-state index in [-0.39, 0.29) is 5.92 Å². The highest BCUT2D eigenvalue weighted by Crippen LogP contribution is 2.31. The first kappa shape index (κ1) is 14.6. The quantitative estimate of drug-likeness (QED) is 0.902. The molecule has 0 radical (unpaired) electrons. The van der Waals surface area contributed by atoms with Crippen molar-refractivity contribution in [2.45, 2.75) is 45.6 Å². The summed E-state index contributed by atoms with van der Waals surface area (Å²) in [6, 6.07) is 2.03. The van der Waals surface area contributed by atoms with Gasteiger partial charge in [-0.05, 0) is 33.1 Å². The Morgan fingerprint density at radius 2 is 1.90 bits per heavy atom. The Hall–Kier alpha value is -1.36. The maximum atomic E-state index is 10.4. The first-order chi connectivity index (χ1) is 9.95. The van der Waals surface area contributed by atoms with Crippen LogP contribution in [0, 0.1) is 12.8 Å². The normalized spacial score (nSPS) is 30.0. The second-order valence-electron chi connectivity index (χ2n) is 6.85. The highest BCUT2D eigenvalue weighted by atomic mass is 16.3. The molecule has 1 aromatic heterocycles. The molecule has 2 saturated heterocycles. The summed E-state index contributed by atoms with van der Waals surface area (Å²) in [7, 11) is 0. The van der Waals surface area contributed by atoms with E-state index >= 15 is 0 Å². The summed E-state index contributed by atoms with van der Waals surface area (Å²) >= 11 is 0. The minimum atomic E-state index is -0.635. The van der Waals surface area contributed by atoms with Gasteiger partial charge < -0.3 is 14.9 Å². The van der Waals surface area contributed by atoms with Gasteiger partial charge in [-0.15, -0.1) is 0 Å². The van der Waals surface area contributed by atoms with Crippen LogP contribution in [-0.2, 0) is 0 Å². The van der Waals surface area contributed by atoms with Crippen molar-refractivity contribution in [3.05, 3.63) is 11.8 Å². The van der Waals surface area contributed by atoms with Crippen LogP contribution in [0.4, 0.5) is 11.8 Å². The van der Waals surface area contributed by atoms with E-state index in [0.717, 1.165) is 37.1 Å². The molecule has 2 atom stereocenters. The molecule has 3 rings (SSSR count). The molecule has 1 aromatic rings. The summed E-state index contributed by atoms with van der Waals surface area (Å²) in [5, 5.41) is 10.4. The van der Waals surface area contributed by atoms with Gasteiger partial charge in [0, 0.05) is 43.9 Å². The summed E-state index contributed by atoms with van der Waals surface area (Å²) in [4.78, 5) is 13.9. The van der Waals surface area contributed by atoms with Crippen LogP contribution in [0.5, 0.6) is 0 Å². The average molecular weight is 290 g/mol. The second kappa shape index (κ2) is 5.44. The first-order valence-corrected chi connectivity index (χ1v) is 8.04. The van der Waals surface area contributed by atoms with Crippen LogP contribution in [0.15, 0.2) is 6.07 Å². The van der Waals surface area contributed by atoms with Crippen LogP contribution in [0.1, 0.15) is 38.8 Å². The number of aliphatic hydroxyl groups is 1. The minimum Gasteiger partial charge on any atom is -0.388 e. The van der Waals surface area contributed by atoms with Crippen LogP contribution < -0.4 is 9.80 Å². The van der Waals surface area contributed by atoms with Gasteiger partial charge in [0.05, 0.1) is 5.60 Å². The molecular formula is C16H26N4O. The maximum absolute atomic E-state index is 10.4. The molecule has 5 nitrogen and oxygen atoms in total. The van der Waals surface area contributed by atoms with E-state index in [0.29, 0.717) is 6.54 Å². The van der Waals surface area contributed by atoms with Gasteiger partial charge in [0.2, 0.25) is 5.95 Å². The lowest BCUT2D eigenvalue weighted by molar-refractivity contribution is 0.0443. The van der Waals surface area contributed by atoms with E-state index in [1.54, 1.807) is 0 Å². The van der Waals surface area contributed by atoms with Crippen molar-refractivity contribution in [1.29, 1.82) is 0 Å². The van der Waals surface area contributed by atoms with Gasteiger partial charge in [-0.3, -0.25) is 0 Å². The lowest BCUT2D eigenvalue weighted by Crippen LogP contribution is -2.34. The zero-order valence-corrected chi connectivity index (χ0v) is 13.3. The van der Waals surface area contributed by atoms with E-state index in [1.165, 1.54) is 19.3 Å². The van der Waals surface area contributed by atoms with Gasteiger partial charge in [-0.25, -0.2) is 4.98 Å². The van der Waals surface area contributed by atoms with Crippen LogP contribution in [0.2, 0.25) is 0 Å². The van der Waals surface area contributed by atoms with Crippen LogP contribution in [-0.4, -0.2) is 46.9 Å². The number of piperidine rings is 1. The fourth-order valence-electron chi connectivity index (χ4n) is 3.24. The highest BCUT2D eigenvalue weighted by Gasteiger charge is 2.39. The molecule has 2 fully saturated rings. The Balaban J connectivity index is 1.84. The maximum Gasteiger partial charge on any atom is 0.227 e. The topological polar surface area (TPSA) is 52.5 Å². The van der Waals surface area contributed by atoms with Gasteiger partial charge in [-0.1, -0.05) is 6.92 Å². The molecule has 2 aliphatic heterocycles. The molecule has 1 N–H and O–H groups in total. The Kier molecular flexibility index (Phi) is 3.78. The van der Waals surface area contributed by atoms with Crippen LogP contribution >= 0.6 is 0 Å². The second-order valence-corrected chi connectivity index (χ2v) is 6.85. The number of aromatic nitrogens is 2. The van der Waals surface area contributed by atoms with Gasteiger partial charge in [0.1, 0.15) is 5.82 Å². The smallest absolute Gasteiger partial charge is 0.227 e. The van der Waals surface area contributed by atoms with Gasteiger partial charge in [0.25, 0.3) is 0 Å². The van der Waals surface area contributed by atoms with Gasteiger partial charge in [-0.2, -0.15) is 4.98 Å². The fraction of sp³-hybridized carbons (Fsp3) is 0.750. The van der Waals surface area contributed by atoms with E-state index < -0.39 is 5.60 Å². The van der Waals surface area contributed by atoms with E-state index in [4.69, 9.17) is 4.98 Å². The van der Waals surface area contributed by atoms with Crippen molar-refractivity contribution in [2.24, 2.45) is 5.92 Å². The number of hydrogen-bond donors (Lipinski definition) is 1. The SMILES string of the molecule is Cc1cc(N2C[C@@H](C)[C@@](C)(O)C2)nc(N2CCCCC2)n1. The molecular weight excluding hydrogens is 264 g/mol. The third kappa shape index (κ3) is 2.98. The van der Waals surface area contributed by atoms with Crippen LogP contribution in [0.3, 0.4) is 0 Å². The summed E-state index contributed by atoms with van der Waals surface area (Å²) in [6.07, 6.45) is 3.76. The molecule has 0 aliphatic carbocycles. The Labute approximate surface area is 127 Å². The summed E-state index contributed by atoms with van der Waals surface area (Å²) < 4.78 is 0. The molecule has 0 saturated carbocycles. The van der Waals surface area contributed by atoms with Crippen molar-refractivity contribution in [3.8, 4) is 0 Å². The number of rotatable bonds is 2. The number of nitrogens with zero attached hydrogens (tertiary/aromatic N) is 4. The first-order valence-electron chi connectivity index (χ1n) is 8.04. The van der Waals surface area contributed by atoms with Crippen molar-refractivity contribution in [2.75, 3.05) is 36.0 Å². The number of hydrogen-bond acceptors (Lipinski definition) is 5. The number of aryl methyl sites for hydroxylation is 1. The zero-order chi connectivity index (χ0) is 15.0. The molecule has 2 aliphatic rings. The molecule has 21 heavy (non-hydrogen) atoms. The summed E-state index contributed by atoms with van der Waals surface area (Å²) in [5.74, 6) is 2.06. The van der Waals surface area contributed by atoms with Crippen molar-refractivity contribution >= 4 is 11.8 Å². The zero-order valence-electron chi connectivity index (χ0n) is 13.3. The molecule has 0 unspecified atom stereocenters. The monoisotopic (exact) mass is 290 g/mol. The Bertz CT molecular complexity index is 511. The summed E-state index contributed by atoms with van der Waals surface area (Å²) in [6.45, 7) is 9.63.